The summed E-state index contributed by atoms with van der Waals surface area (Å²) in [5, 5.41) is 3.58. The van der Waals surface area contributed by atoms with E-state index in [-0.39, 0.29) is 23.4 Å². The Morgan fingerprint density at radius 2 is 1.57 bits per heavy atom. The lowest BCUT2D eigenvalue weighted by molar-refractivity contribution is -0.139. The minimum atomic E-state index is -4.13. The topological polar surface area (TPSA) is 86.8 Å². The zero-order valence-corrected chi connectivity index (χ0v) is 26.3. The van der Waals surface area contributed by atoms with Crippen molar-refractivity contribution < 1.29 is 18.0 Å². The summed E-state index contributed by atoms with van der Waals surface area (Å²) in [5.41, 5.74) is 3.70. The number of nitrogens with one attached hydrogen (secondary N) is 1. The van der Waals surface area contributed by atoms with Gasteiger partial charge in [-0.15, -0.1) is 0 Å². The van der Waals surface area contributed by atoms with Gasteiger partial charge >= 0.3 is 0 Å². The van der Waals surface area contributed by atoms with Crippen LogP contribution in [0.2, 0.25) is 5.02 Å². The molecule has 42 heavy (non-hydrogen) atoms. The molecule has 1 saturated carbocycles. The van der Waals surface area contributed by atoms with E-state index < -0.39 is 28.5 Å². The SMILES string of the molecule is Cc1ccc(S(=O)(=O)N(CC(=O)N(Cc2ccccc2Cl)[C@H](C)C(=O)NC2CCCCC2)c2ccc(C)cc2C)cc1. The van der Waals surface area contributed by atoms with Gasteiger partial charge in [0.15, 0.2) is 0 Å². The number of amides is 2. The molecule has 1 N–H and O–H groups in total. The van der Waals surface area contributed by atoms with Crippen LogP contribution in [0.15, 0.2) is 71.6 Å². The van der Waals surface area contributed by atoms with Crippen LogP contribution < -0.4 is 9.62 Å². The van der Waals surface area contributed by atoms with Crippen LogP contribution in [0, 0.1) is 20.8 Å². The number of hydrogen-bond acceptors (Lipinski definition) is 4. The van der Waals surface area contributed by atoms with Crippen LogP contribution in [0.25, 0.3) is 0 Å². The highest BCUT2D eigenvalue weighted by Crippen LogP contribution is 2.29. The van der Waals surface area contributed by atoms with E-state index >= 15 is 0 Å². The van der Waals surface area contributed by atoms with Crippen molar-refractivity contribution in [3.63, 3.8) is 0 Å². The van der Waals surface area contributed by atoms with Gasteiger partial charge in [-0.05, 0) is 75.9 Å². The van der Waals surface area contributed by atoms with E-state index in [2.05, 4.69) is 5.32 Å². The maximum absolute atomic E-state index is 14.2. The number of halogens is 1. The van der Waals surface area contributed by atoms with Gasteiger partial charge in [-0.3, -0.25) is 13.9 Å². The van der Waals surface area contributed by atoms with Crippen molar-refractivity contribution in [2.75, 3.05) is 10.8 Å². The van der Waals surface area contributed by atoms with Gasteiger partial charge < -0.3 is 10.2 Å². The van der Waals surface area contributed by atoms with Gasteiger partial charge in [-0.25, -0.2) is 8.42 Å². The van der Waals surface area contributed by atoms with E-state index in [9.17, 15) is 18.0 Å². The molecule has 224 valence electrons. The summed E-state index contributed by atoms with van der Waals surface area (Å²) in [6.07, 6.45) is 5.09. The maximum atomic E-state index is 14.2. The van der Waals surface area contributed by atoms with Crippen LogP contribution >= 0.6 is 11.6 Å². The molecule has 0 unspecified atom stereocenters. The molecule has 0 heterocycles. The average Bonchev–Trinajstić information content (AvgIpc) is 2.96. The summed E-state index contributed by atoms with van der Waals surface area (Å²) in [5.74, 6) is -0.765. The van der Waals surface area contributed by atoms with Crippen molar-refractivity contribution in [1.82, 2.24) is 10.2 Å². The monoisotopic (exact) mass is 609 g/mol. The zero-order chi connectivity index (χ0) is 30.4. The van der Waals surface area contributed by atoms with Crippen molar-refractivity contribution in [2.24, 2.45) is 0 Å². The van der Waals surface area contributed by atoms with E-state index in [1.807, 2.05) is 39.0 Å². The van der Waals surface area contributed by atoms with Crippen molar-refractivity contribution in [3.8, 4) is 0 Å². The first-order valence-corrected chi connectivity index (χ1v) is 16.3. The summed E-state index contributed by atoms with van der Waals surface area (Å²) in [6.45, 7) is 6.90. The van der Waals surface area contributed by atoms with Gasteiger partial charge in [0.2, 0.25) is 11.8 Å². The van der Waals surface area contributed by atoms with Crippen LogP contribution in [0.5, 0.6) is 0 Å². The van der Waals surface area contributed by atoms with Gasteiger partial charge in [0, 0.05) is 17.6 Å². The quantitative estimate of drug-likeness (QED) is 0.291. The van der Waals surface area contributed by atoms with E-state index in [4.69, 9.17) is 11.6 Å². The van der Waals surface area contributed by atoms with Gasteiger partial charge in [0.1, 0.15) is 12.6 Å². The van der Waals surface area contributed by atoms with E-state index in [1.165, 1.54) is 4.90 Å². The number of aryl methyl sites for hydroxylation is 3. The van der Waals surface area contributed by atoms with Crippen LogP contribution in [0.3, 0.4) is 0 Å². The highest BCUT2D eigenvalue weighted by Gasteiger charge is 2.34. The molecule has 0 bridgehead atoms. The molecule has 9 heteroatoms. The van der Waals surface area contributed by atoms with Crippen LogP contribution in [-0.4, -0.2) is 43.8 Å². The molecule has 0 spiro atoms. The number of carbonyl (C=O) groups excluding carboxylic acids is 2. The molecular formula is C33H40ClN3O4S. The summed E-state index contributed by atoms with van der Waals surface area (Å²) in [6, 6.07) is 18.4. The molecule has 1 aliphatic carbocycles. The predicted octanol–water partition coefficient (Wildman–Crippen LogP) is 6.33. The molecule has 3 aromatic carbocycles. The summed E-state index contributed by atoms with van der Waals surface area (Å²) in [4.78, 5) is 29.2. The van der Waals surface area contributed by atoms with Crippen molar-refractivity contribution in [1.29, 1.82) is 0 Å². The molecule has 0 aromatic heterocycles. The maximum Gasteiger partial charge on any atom is 0.264 e. The van der Waals surface area contributed by atoms with Crippen molar-refractivity contribution in [3.05, 3.63) is 94.0 Å². The minimum Gasteiger partial charge on any atom is -0.352 e. The van der Waals surface area contributed by atoms with Crippen LogP contribution in [-0.2, 0) is 26.2 Å². The molecule has 0 saturated heterocycles. The third-order valence-electron chi connectivity index (χ3n) is 7.93. The lowest BCUT2D eigenvalue weighted by atomic mass is 9.95. The fourth-order valence-electron chi connectivity index (χ4n) is 5.40. The highest BCUT2D eigenvalue weighted by atomic mass is 35.5. The molecule has 1 aliphatic rings. The normalized spacial score (nSPS) is 14.7. The molecule has 1 atom stereocenters. The average molecular weight is 610 g/mol. The Bertz CT molecular complexity index is 1520. The zero-order valence-electron chi connectivity index (χ0n) is 24.8. The molecular weight excluding hydrogens is 570 g/mol. The number of carbonyl (C=O) groups is 2. The Morgan fingerprint density at radius 1 is 0.929 bits per heavy atom. The van der Waals surface area contributed by atoms with Crippen molar-refractivity contribution >= 4 is 39.1 Å². The third kappa shape index (κ3) is 7.53. The largest absolute Gasteiger partial charge is 0.352 e. The third-order valence-corrected chi connectivity index (χ3v) is 10.1. The molecule has 2 amide bonds. The van der Waals surface area contributed by atoms with Gasteiger partial charge in [-0.1, -0.05) is 84.5 Å². The van der Waals surface area contributed by atoms with Gasteiger partial charge in [0.25, 0.3) is 10.0 Å². The molecule has 3 aromatic rings. The lowest BCUT2D eigenvalue weighted by Crippen LogP contribution is -2.53. The Hall–Kier alpha value is -3.36. The first-order valence-electron chi connectivity index (χ1n) is 14.5. The van der Waals surface area contributed by atoms with E-state index in [0.717, 1.165) is 53.1 Å². The Kier molecular flexibility index (Phi) is 10.3. The fraction of sp³-hybridized carbons (Fsp3) is 0.394. The number of nitrogens with zero attached hydrogens (tertiary/aromatic N) is 2. The molecule has 4 rings (SSSR count). The second kappa shape index (κ2) is 13.7. The number of rotatable bonds is 10. The summed E-state index contributed by atoms with van der Waals surface area (Å²) < 4.78 is 29.3. The number of benzene rings is 3. The van der Waals surface area contributed by atoms with E-state index in [1.54, 1.807) is 55.5 Å². The standard InChI is InChI=1S/C33H40ClN3O4S/c1-23-14-17-29(18-15-23)42(40,41)37(31-19-16-24(2)20-25(31)3)22-32(38)36(21-27-10-8-9-13-30(27)34)26(4)33(39)35-28-11-6-5-7-12-28/h8-10,13-20,26,28H,5-7,11-12,21-22H2,1-4H3,(H,35,39)/t26-/m1/s1. The summed E-state index contributed by atoms with van der Waals surface area (Å²) >= 11 is 6.47. The second-order valence-corrected chi connectivity index (χ2v) is 13.5. The Balaban J connectivity index is 1.71. The molecule has 1 fully saturated rings. The number of hydrogen-bond donors (Lipinski definition) is 1. The molecule has 7 nitrogen and oxygen atoms in total. The summed E-state index contributed by atoms with van der Waals surface area (Å²) in [7, 11) is -4.13. The fourth-order valence-corrected chi connectivity index (χ4v) is 7.07. The number of sulfonamides is 1. The van der Waals surface area contributed by atoms with Crippen LogP contribution in [0.4, 0.5) is 5.69 Å². The smallest absolute Gasteiger partial charge is 0.264 e. The first kappa shape index (κ1) is 31.6. The Labute approximate surface area is 254 Å². The van der Waals surface area contributed by atoms with Crippen molar-refractivity contribution in [2.45, 2.75) is 83.3 Å². The van der Waals surface area contributed by atoms with Gasteiger partial charge in [0.05, 0.1) is 10.6 Å². The Morgan fingerprint density at radius 3 is 2.21 bits per heavy atom. The molecule has 0 aliphatic heterocycles. The lowest BCUT2D eigenvalue weighted by Gasteiger charge is -2.33. The van der Waals surface area contributed by atoms with Crippen LogP contribution in [0.1, 0.15) is 61.3 Å². The predicted molar refractivity (Wildman–Crippen MR) is 168 cm³/mol. The van der Waals surface area contributed by atoms with E-state index in [0.29, 0.717) is 16.3 Å². The second-order valence-electron chi connectivity index (χ2n) is 11.2. The molecule has 0 radical (unpaired) electrons. The number of anilines is 1. The highest BCUT2D eigenvalue weighted by molar-refractivity contribution is 7.92. The first-order chi connectivity index (χ1) is 20.0. The van der Waals surface area contributed by atoms with Gasteiger partial charge in [-0.2, -0.15) is 0 Å². The minimum absolute atomic E-state index is 0.0586.